The van der Waals surface area contributed by atoms with E-state index < -0.39 is 0 Å². The Bertz CT molecular complexity index is 394. The fourth-order valence-electron chi connectivity index (χ4n) is 0.887. The Morgan fingerprint density at radius 3 is 3.09 bits per heavy atom. The number of rotatable bonds is 0. The lowest BCUT2D eigenvalue weighted by atomic mass is 10.6. The van der Waals surface area contributed by atoms with Gasteiger partial charge in [0.1, 0.15) is 16.4 Å². The molecule has 0 spiro atoms. The first-order valence-electron chi connectivity index (χ1n) is 3.09. The zero-order chi connectivity index (χ0) is 7.84. The minimum Gasteiger partial charge on any atom is -0.261 e. The van der Waals surface area contributed by atoms with Crippen molar-refractivity contribution in [3.8, 4) is 0 Å². The number of imidazole rings is 1. The van der Waals surface area contributed by atoms with Crippen molar-refractivity contribution >= 4 is 28.4 Å². The Balaban J connectivity index is 2.92. The molecule has 2 aromatic rings. The summed E-state index contributed by atoms with van der Waals surface area (Å²) >= 11 is 2.22. The molecule has 4 nitrogen and oxygen atoms in total. The van der Waals surface area contributed by atoms with Crippen LogP contribution in [-0.4, -0.2) is 19.4 Å². The lowest BCUT2D eigenvalue weighted by Crippen LogP contribution is -1.90. The quantitative estimate of drug-likeness (QED) is 0.664. The summed E-state index contributed by atoms with van der Waals surface area (Å²) < 4.78 is 2.92. The van der Waals surface area contributed by atoms with Gasteiger partial charge in [0.2, 0.25) is 5.78 Å². The predicted molar refractivity (Wildman–Crippen MR) is 48.2 cm³/mol. The Labute approximate surface area is 76.8 Å². The Morgan fingerprint density at radius 1 is 1.55 bits per heavy atom. The lowest BCUT2D eigenvalue weighted by molar-refractivity contribution is 0.994. The topological polar surface area (TPSA) is 43.1 Å². The van der Waals surface area contributed by atoms with Gasteiger partial charge in [0.15, 0.2) is 0 Å². The lowest BCUT2D eigenvalue weighted by Gasteiger charge is -1.89. The molecule has 0 radical (unpaired) electrons. The molecule has 0 fully saturated rings. The molecule has 0 unspecified atom stereocenters. The highest BCUT2D eigenvalue weighted by Gasteiger charge is 2.04. The summed E-state index contributed by atoms with van der Waals surface area (Å²) in [6.07, 6.45) is 3.21. The normalized spacial score (nSPS) is 10.7. The van der Waals surface area contributed by atoms with Gasteiger partial charge in [-0.1, -0.05) is 0 Å². The molecule has 2 heterocycles. The van der Waals surface area contributed by atoms with Crippen LogP contribution in [0.25, 0.3) is 5.78 Å². The van der Waals surface area contributed by atoms with Gasteiger partial charge >= 0.3 is 0 Å². The molecule has 0 N–H and O–H groups in total. The van der Waals surface area contributed by atoms with E-state index in [2.05, 4.69) is 37.5 Å². The van der Waals surface area contributed by atoms with Crippen LogP contribution in [-0.2, 0) is 0 Å². The van der Waals surface area contributed by atoms with E-state index in [1.807, 2.05) is 11.3 Å². The molecule has 0 aliphatic heterocycles. The zero-order valence-electron chi connectivity index (χ0n) is 5.82. The SMILES string of the molecule is Cc1nc2ncncn2c1I. The van der Waals surface area contributed by atoms with Gasteiger partial charge in [-0.05, 0) is 29.5 Å². The highest BCUT2D eigenvalue weighted by Crippen LogP contribution is 2.10. The van der Waals surface area contributed by atoms with Crippen molar-refractivity contribution in [1.29, 1.82) is 0 Å². The van der Waals surface area contributed by atoms with Crippen molar-refractivity contribution in [2.24, 2.45) is 0 Å². The summed E-state index contributed by atoms with van der Waals surface area (Å²) in [7, 11) is 0. The second-order valence-corrected chi connectivity index (χ2v) is 3.19. The van der Waals surface area contributed by atoms with Crippen molar-refractivity contribution in [3.05, 3.63) is 22.0 Å². The first-order valence-corrected chi connectivity index (χ1v) is 4.17. The van der Waals surface area contributed by atoms with Gasteiger partial charge in [-0.2, -0.15) is 0 Å². The maximum atomic E-state index is 4.22. The molecule has 0 atom stereocenters. The van der Waals surface area contributed by atoms with E-state index >= 15 is 0 Å². The van der Waals surface area contributed by atoms with E-state index in [0.717, 1.165) is 9.39 Å². The number of hydrogen-bond donors (Lipinski definition) is 0. The third-order valence-corrected chi connectivity index (χ3v) is 2.72. The van der Waals surface area contributed by atoms with Crippen molar-refractivity contribution in [1.82, 2.24) is 19.4 Å². The van der Waals surface area contributed by atoms with Crippen LogP contribution in [0.4, 0.5) is 0 Å². The van der Waals surface area contributed by atoms with Crippen LogP contribution in [0.5, 0.6) is 0 Å². The third-order valence-electron chi connectivity index (χ3n) is 1.42. The molecular formula is C6H5IN4. The average molecular weight is 260 g/mol. The second kappa shape index (κ2) is 2.40. The number of nitrogens with zero attached hydrogens (tertiary/aromatic N) is 4. The van der Waals surface area contributed by atoms with Gasteiger partial charge in [0, 0.05) is 0 Å². The van der Waals surface area contributed by atoms with E-state index in [9.17, 15) is 0 Å². The smallest absolute Gasteiger partial charge is 0.237 e. The second-order valence-electron chi connectivity index (χ2n) is 2.17. The maximum absolute atomic E-state index is 4.22. The molecule has 11 heavy (non-hydrogen) atoms. The van der Waals surface area contributed by atoms with Crippen LogP contribution in [0, 0.1) is 10.6 Å². The summed E-state index contributed by atoms with van der Waals surface area (Å²) in [4.78, 5) is 12.1. The van der Waals surface area contributed by atoms with E-state index in [4.69, 9.17) is 0 Å². The predicted octanol–water partition coefficient (Wildman–Crippen LogP) is 1.04. The monoisotopic (exact) mass is 260 g/mol. The Kier molecular flexibility index (Phi) is 1.52. The van der Waals surface area contributed by atoms with E-state index in [1.165, 1.54) is 6.33 Å². The zero-order valence-corrected chi connectivity index (χ0v) is 7.98. The van der Waals surface area contributed by atoms with Crippen LogP contribution in [0.1, 0.15) is 5.69 Å². The summed E-state index contributed by atoms with van der Waals surface area (Å²) in [5.41, 5.74) is 0.992. The molecule has 0 aromatic carbocycles. The van der Waals surface area contributed by atoms with Crippen molar-refractivity contribution in [2.45, 2.75) is 6.92 Å². The first-order chi connectivity index (χ1) is 5.29. The third kappa shape index (κ3) is 0.991. The highest BCUT2D eigenvalue weighted by atomic mass is 127. The number of aromatic nitrogens is 4. The summed E-state index contributed by atoms with van der Waals surface area (Å²) in [5.74, 6) is 0.710. The highest BCUT2D eigenvalue weighted by molar-refractivity contribution is 14.1. The molecule has 0 bridgehead atoms. The number of aryl methyl sites for hydroxylation is 1. The van der Waals surface area contributed by atoms with Gasteiger partial charge in [0.25, 0.3) is 0 Å². The van der Waals surface area contributed by atoms with Gasteiger partial charge in [-0.3, -0.25) is 4.40 Å². The van der Waals surface area contributed by atoms with Crippen LogP contribution in [0.3, 0.4) is 0 Å². The standard InChI is InChI=1S/C6H5IN4/c1-4-5(7)11-3-8-2-9-6(11)10-4/h2-3H,1H3. The van der Waals surface area contributed by atoms with Gasteiger partial charge in [-0.25, -0.2) is 15.0 Å². The molecule has 2 rings (SSSR count). The van der Waals surface area contributed by atoms with E-state index in [-0.39, 0.29) is 0 Å². The van der Waals surface area contributed by atoms with Crippen molar-refractivity contribution in [3.63, 3.8) is 0 Å². The summed E-state index contributed by atoms with van der Waals surface area (Å²) in [6.45, 7) is 1.95. The molecule has 0 aliphatic carbocycles. The largest absolute Gasteiger partial charge is 0.261 e. The van der Waals surface area contributed by atoms with Crippen LogP contribution >= 0.6 is 22.6 Å². The molecule has 56 valence electrons. The average Bonchev–Trinajstić information content (AvgIpc) is 2.30. The number of hydrogen-bond acceptors (Lipinski definition) is 3. The van der Waals surface area contributed by atoms with Gasteiger partial charge in [-0.15, -0.1) is 0 Å². The molecule has 2 aromatic heterocycles. The first kappa shape index (κ1) is 6.96. The van der Waals surface area contributed by atoms with Crippen LogP contribution < -0.4 is 0 Å². The molecule has 0 amide bonds. The summed E-state index contributed by atoms with van der Waals surface area (Å²) in [6, 6.07) is 0. The molecule has 0 saturated heterocycles. The maximum Gasteiger partial charge on any atom is 0.237 e. The van der Waals surface area contributed by atoms with E-state index in [1.54, 1.807) is 6.33 Å². The minimum atomic E-state index is 0.710. The van der Waals surface area contributed by atoms with Crippen LogP contribution in [0.2, 0.25) is 0 Å². The van der Waals surface area contributed by atoms with Crippen molar-refractivity contribution in [2.75, 3.05) is 0 Å². The molecule has 5 heteroatoms. The number of halogens is 1. The van der Waals surface area contributed by atoms with Crippen molar-refractivity contribution < 1.29 is 0 Å². The summed E-state index contributed by atoms with van der Waals surface area (Å²) in [5, 5.41) is 0. The molecule has 0 saturated carbocycles. The Hall–Kier alpha value is -0.720. The fourth-order valence-corrected chi connectivity index (χ4v) is 1.35. The molecular weight excluding hydrogens is 255 g/mol. The van der Waals surface area contributed by atoms with Gasteiger partial charge < -0.3 is 0 Å². The fraction of sp³-hybridized carbons (Fsp3) is 0.167. The van der Waals surface area contributed by atoms with Gasteiger partial charge in [0.05, 0.1) is 5.69 Å². The minimum absolute atomic E-state index is 0.710. The number of fused-ring (bicyclic) bond motifs is 1. The van der Waals surface area contributed by atoms with Crippen LogP contribution in [0.15, 0.2) is 12.7 Å². The van der Waals surface area contributed by atoms with E-state index in [0.29, 0.717) is 5.78 Å². The Morgan fingerprint density at radius 2 is 2.36 bits per heavy atom. The molecule has 0 aliphatic rings.